The smallest absolute Gasteiger partial charge is 0.310 e. The summed E-state index contributed by atoms with van der Waals surface area (Å²) >= 11 is 0. The molecule has 1 aliphatic heterocycles. The molecule has 2 N–H and O–H groups in total. The summed E-state index contributed by atoms with van der Waals surface area (Å²) in [7, 11) is 1.93. The Hall–Kier alpha value is -1.85. The number of rotatable bonds is 5. The summed E-state index contributed by atoms with van der Waals surface area (Å²) in [5, 5.41) is 20.2. The van der Waals surface area contributed by atoms with Crippen LogP contribution in [0.2, 0.25) is 0 Å². The van der Waals surface area contributed by atoms with Crippen LogP contribution in [0.15, 0.2) is 36.4 Å². The molecular formula is C24H33NO4. The van der Waals surface area contributed by atoms with Crippen LogP contribution in [0.25, 0.3) is 0 Å². The molecule has 0 bridgehead atoms. The van der Waals surface area contributed by atoms with Gasteiger partial charge in [-0.25, -0.2) is 0 Å². The lowest BCUT2D eigenvalue weighted by atomic mass is 9.55. The van der Waals surface area contributed by atoms with Crippen molar-refractivity contribution in [1.82, 2.24) is 4.90 Å². The minimum Gasteiger partial charge on any atom is -0.508 e. The number of aromatic hydroxyl groups is 1. The number of hydrogen-bond acceptors (Lipinski definition) is 5. The molecule has 0 spiro atoms. The lowest BCUT2D eigenvalue weighted by molar-refractivity contribution is -0.146. The Labute approximate surface area is 173 Å². The Morgan fingerprint density at radius 1 is 1.41 bits per heavy atom. The quantitative estimate of drug-likeness (QED) is 0.584. The largest absolute Gasteiger partial charge is 0.508 e. The Balaban J connectivity index is 1.42. The number of allylic oxidation sites excluding steroid dienone is 1. The van der Waals surface area contributed by atoms with E-state index in [0.717, 1.165) is 19.3 Å². The zero-order chi connectivity index (χ0) is 20.8. The molecule has 2 saturated carbocycles. The maximum absolute atomic E-state index is 12.7. The molecular weight excluding hydrogens is 366 g/mol. The zero-order valence-corrected chi connectivity index (χ0v) is 17.5. The molecule has 1 heterocycles. The molecule has 29 heavy (non-hydrogen) atoms. The number of ether oxygens (including phenoxy) is 1. The van der Waals surface area contributed by atoms with Gasteiger partial charge in [-0.15, -0.1) is 0 Å². The number of hydrogen-bond donors (Lipinski definition) is 2. The van der Waals surface area contributed by atoms with E-state index in [1.54, 1.807) is 24.3 Å². The molecule has 1 aromatic rings. The Kier molecular flexibility index (Phi) is 5.47. The van der Waals surface area contributed by atoms with E-state index < -0.39 is 6.10 Å². The van der Waals surface area contributed by atoms with Crippen molar-refractivity contribution < 1.29 is 19.7 Å². The number of nitrogens with zero attached hydrogens (tertiary/aromatic N) is 1. The molecule has 0 radical (unpaired) electrons. The van der Waals surface area contributed by atoms with Crippen LogP contribution in [0.4, 0.5) is 0 Å². The summed E-state index contributed by atoms with van der Waals surface area (Å²) < 4.78 is 5.84. The number of benzene rings is 1. The number of aliphatic hydroxyl groups excluding tert-OH is 1. The number of carbonyl (C=O) groups is 1. The van der Waals surface area contributed by atoms with Crippen molar-refractivity contribution in [1.29, 1.82) is 0 Å². The average molecular weight is 400 g/mol. The van der Waals surface area contributed by atoms with Gasteiger partial charge in [0, 0.05) is 19.0 Å². The SMILES string of the molecule is C=C1CCC[C@@]2(C)C[C@H]3OC(=O)[C@@H](CN(C)C[C@@H](O)c4cccc(O)c4)[C@@H]3C[C@H]12. The standard InChI is InChI=1S/C24H33NO4/c1-15-6-5-9-24(2)12-22-18(11-20(15)24)19(23(28)29-22)13-25(3)14-21(27)16-7-4-8-17(26)10-16/h4,7-8,10,18-22,26-27H,1,5-6,9,11-14H2,2-3H3/t18-,19-,20+,21+,22+,24-/m0/s1. The summed E-state index contributed by atoms with van der Waals surface area (Å²) in [6, 6.07) is 6.69. The number of carbonyl (C=O) groups excluding carboxylic acids is 1. The first-order valence-corrected chi connectivity index (χ1v) is 10.8. The van der Waals surface area contributed by atoms with Gasteiger partial charge < -0.3 is 19.8 Å². The van der Waals surface area contributed by atoms with E-state index in [-0.39, 0.29) is 35.1 Å². The monoisotopic (exact) mass is 399 g/mol. The van der Waals surface area contributed by atoms with Gasteiger partial charge in [0.15, 0.2) is 0 Å². The van der Waals surface area contributed by atoms with Crippen LogP contribution >= 0.6 is 0 Å². The number of aliphatic hydroxyl groups is 1. The fraction of sp³-hybridized carbons (Fsp3) is 0.625. The van der Waals surface area contributed by atoms with Gasteiger partial charge in [-0.2, -0.15) is 0 Å². The van der Waals surface area contributed by atoms with Gasteiger partial charge in [-0.05, 0) is 68.2 Å². The van der Waals surface area contributed by atoms with Crippen molar-refractivity contribution in [3.05, 3.63) is 42.0 Å². The molecule has 3 aliphatic rings. The molecule has 0 aromatic heterocycles. The molecule has 5 nitrogen and oxygen atoms in total. The second-order valence-corrected chi connectivity index (χ2v) is 9.74. The summed E-state index contributed by atoms with van der Waals surface area (Å²) in [5.41, 5.74) is 2.24. The van der Waals surface area contributed by atoms with Crippen LogP contribution in [0.1, 0.15) is 50.7 Å². The summed E-state index contributed by atoms with van der Waals surface area (Å²) in [6.07, 6.45) is 4.72. The highest BCUT2D eigenvalue weighted by Gasteiger charge is 2.55. The minimum absolute atomic E-state index is 0.0176. The molecule has 1 saturated heterocycles. The van der Waals surface area contributed by atoms with Crippen LogP contribution < -0.4 is 0 Å². The first kappa shape index (κ1) is 20.4. The molecule has 158 valence electrons. The first-order valence-electron chi connectivity index (χ1n) is 10.8. The molecule has 6 atom stereocenters. The third-order valence-electron chi connectivity index (χ3n) is 7.57. The second-order valence-electron chi connectivity index (χ2n) is 9.74. The lowest BCUT2D eigenvalue weighted by Gasteiger charge is -2.50. The fourth-order valence-corrected chi connectivity index (χ4v) is 6.01. The second kappa shape index (κ2) is 7.77. The van der Waals surface area contributed by atoms with Gasteiger partial charge >= 0.3 is 5.97 Å². The third-order valence-corrected chi connectivity index (χ3v) is 7.57. The lowest BCUT2D eigenvalue weighted by Crippen LogP contribution is -2.45. The highest BCUT2D eigenvalue weighted by atomic mass is 16.6. The number of phenols is 1. The average Bonchev–Trinajstić information content (AvgIpc) is 2.94. The van der Waals surface area contributed by atoms with Crippen molar-refractivity contribution in [2.24, 2.45) is 23.2 Å². The minimum atomic E-state index is -0.715. The van der Waals surface area contributed by atoms with Crippen molar-refractivity contribution in [2.45, 2.75) is 51.2 Å². The number of fused-ring (bicyclic) bond motifs is 2. The first-order chi connectivity index (χ1) is 13.8. The summed E-state index contributed by atoms with van der Waals surface area (Å²) in [5.74, 6) is 0.616. The van der Waals surface area contributed by atoms with E-state index in [2.05, 4.69) is 13.5 Å². The zero-order valence-electron chi connectivity index (χ0n) is 17.5. The van der Waals surface area contributed by atoms with Crippen LogP contribution in [0, 0.1) is 23.2 Å². The van der Waals surface area contributed by atoms with Crippen LogP contribution in [0.3, 0.4) is 0 Å². The van der Waals surface area contributed by atoms with Crippen LogP contribution in [-0.4, -0.2) is 47.3 Å². The van der Waals surface area contributed by atoms with Crippen molar-refractivity contribution in [2.75, 3.05) is 20.1 Å². The van der Waals surface area contributed by atoms with Crippen LogP contribution in [-0.2, 0) is 9.53 Å². The van der Waals surface area contributed by atoms with Crippen molar-refractivity contribution >= 4 is 5.97 Å². The Bertz CT molecular complexity index is 793. The van der Waals surface area contributed by atoms with Gasteiger partial charge in [0.05, 0.1) is 12.0 Å². The van der Waals surface area contributed by atoms with Crippen molar-refractivity contribution in [3.8, 4) is 5.75 Å². The molecule has 5 heteroatoms. The maximum atomic E-state index is 12.7. The fourth-order valence-electron chi connectivity index (χ4n) is 6.01. The number of phenolic OH excluding ortho intramolecular Hbond substituents is 1. The Morgan fingerprint density at radius 2 is 2.21 bits per heavy atom. The predicted molar refractivity (Wildman–Crippen MR) is 111 cm³/mol. The molecule has 1 aromatic carbocycles. The normalized spacial score (nSPS) is 35.2. The highest BCUT2D eigenvalue weighted by Crippen LogP contribution is 2.56. The van der Waals surface area contributed by atoms with Gasteiger partial charge in [-0.1, -0.05) is 31.2 Å². The van der Waals surface area contributed by atoms with Gasteiger partial charge in [0.25, 0.3) is 0 Å². The summed E-state index contributed by atoms with van der Waals surface area (Å²) in [4.78, 5) is 14.7. The maximum Gasteiger partial charge on any atom is 0.310 e. The van der Waals surface area contributed by atoms with Crippen molar-refractivity contribution in [3.63, 3.8) is 0 Å². The molecule has 4 rings (SSSR count). The third kappa shape index (κ3) is 3.95. The number of esters is 1. The molecule has 2 aliphatic carbocycles. The predicted octanol–water partition coefficient (Wildman–Crippen LogP) is 3.67. The molecule has 0 unspecified atom stereocenters. The van der Waals surface area contributed by atoms with Gasteiger partial charge in [-0.3, -0.25) is 4.79 Å². The highest BCUT2D eigenvalue weighted by molar-refractivity contribution is 5.75. The number of likely N-dealkylation sites (N-methyl/N-ethyl adjacent to an activating group) is 1. The van der Waals surface area contributed by atoms with Crippen LogP contribution in [0.5, 0.6) is 5.75 Å². The van der Waals surface area contributed by atoms with Gasteiger partial charge in [0.2, 0.25) is 0 Å². The summed E-state index contributed by atoms with van der Waals surface area (Å²) in [6.45, 7) is 7.67. The molecule has 3 fully saturated rings. The van der Waals surface area contributed by atoms with E-state index >= 15 is 0 Å². The van der Waals surface area contributed by atoms with E-state index in [1.165, 1.54) is 18.4 Å². The Morgan fingerprint density at radius 3 is 2.97 bits per heavy atom. The topological polar surface area (TPSA) is 70.0 Å². The van der Waals surface area contributed by atoms with E-state index in [9.17, 15) is 15.0 Å². The van der Waals surface area contributed by atoms with E-state index in [4.69, 9.17) is 4.74 Å². The van der Waals surface area contributed by atoms with Gasteiger partial charge in [0.1, 0.15) is 11.9 Å². The molecule has 0 amide bonds. The van der Waals surface area contributed by atoms with E-state index in [1.807, 2.05) is 11.9 Å². The van der Waals surface area contributed by atoms with E-state index in [0.29, 0.717) is 24.6 Å².